The number of hydrogen-bond donors (Lipinski definition) is 6. The molecular formula is C32H56BN7O8. The molecule has 0 aliphatic heterocycles. The largest absolute Gasteiger partial charge is 0.475 e. The lowest BCUT2D eigenvalue weighted by Crippen LogP contribution is -2.54. The van der Waals surface area contributed by atoms with E-state index >= 15 is 0 Å². The summed E-state index contributed by atoms with van der Waals surface area (Å²) < 4.78 is 0. The van der Waals surface area contributed by atoms with Crippen LogP contribution in [0.1, 0.15) is 114 Å². The summed E-state index contributed by atoms with van der Waals surface area (Å²) >= 11 is 0. The van der Waals surface area contributed by atoms with Crippen molar-refractivity contribution in [1.82, 2.24) is 21.0 Å². The highest BCUT2D eigenvalue weighted by atomic mass is 16.7. The van der Waals surface area contributed by atoms with Gasteiger partial charge in [0.15, 0.2) is 5.03 Å². The van der Waals surface area contributed by atoms with Crippen LogP contribution in [0.25, 0.3) is 0 Å². The minimum Gasteiger partial charge on any atom is -0.426 e. The monoisotopic (exact) mass is 677 g/mol. The predicted octanol–water partition coefficient (Wildman–Crippen LogP) is 2.64. The third kappa shape index (κ3) is 19.6. The van der Waals surface area contributed by atoms with Gasteiger partial charge in [0.25, 0.3) is 11.9 Å². The Morgan fingerprint density at radius 3 is 2.19 bits per heavy atom. The van der Waals surface area contributed by atoms with Gasteiger partial charge in [-0.05, 0) is 56.6 Å². The summed E-state index contributed by atoms with van der Waals surface area (Å²) in [5.74, 6) is -2.41. The quantitative estimate of drug-likeness (QED) is 0.0189. The number of carbonyl (C=O) groups is 4. The van der Waals surface area contributed by atoms with Crippen LogP contribution >= 0.6 is 0 Å². The topological polar surface area (TPSA) is 230 Å². The van der Waals surface area contributed by atoms with Crippen LogP contribution in [0.4, 0.5) is 0 Å². The highest BCUT2D eigenvalue weighted by Crippen LogP contribution is 2.13. The number of hydrazine groups is 1. The lowest BCUT2D eigenvalue weighted by atomic mass is 9.75. The first kappa shape index (κ1) is 44.0. The van der Waals surface area contributed by atoms with Gasteiger partial charge in [0.05, 0.1) is 5.94 Å². The van der Waals surface area contributed by atoms with Crippen LogP contribution in [0, 0.1) is 23.0 Å². The van der Waals surface area contributed by atoms with E-state index in [0.29, 0.717) is 37.8 Å². The Morgan fingerprint density at radius 1 is 1.02 bits per heavy atom. The first-order valence-electron chi connectivity index (χ1n) is 16.8. The summed E-state index contributed by atoms with van der Waals surface area (Å²) in [5.41, 5.74) is 8.48. The summed E-state index contributed by atoms with van der Waals surface area (Å²) in [6.45, 7) is 10.0. The number of guanidine groups is 1. The number of imide groups is 1. The number of rotatable bonds is 23. The van der Waals surface area contributed by atoms with Gasteiger partial charge in [0, 0.05) is 25.1 Å². The van der Waals surface area contributed by atoms with Crippen LogP contribution in [-0.2, 0) is 14.4 Å². The number of aryl methyl sites for hydroxylation is 1. The number of benzene rings is 1. The van der Waals surface area contributed by atoms with Crippen LogP contribution in [0.15, 0.2) is 29.3 Å². The van der Waals surface area contributed by atoms with Crippen LogP contribution in [0.2, 0.25) is 0 Å². The normalized spacial score (nSPS) is 12.2. The average Bonchev–Trinajstić information content (AvgIpc) is 3.03. The molecule has 0 aliphatic rings. The third-order valence-corrected chi connectivity index (χ3v) is 7.27. The van der Waals surface area contributed by atoms with Crippen molar-refractivity contribution in [1.29, 1.82) is 0 Å². The second-order valence-corrected chi connectivity index (χ2v) is 11.7. The van der Waals surface area contributed by atoms with E-state index in [-0.39, 0.29) is 49.5 Å². The number of nitrogens with two attached hydrogens (primary N) is 1. The average molecular weight is 678 g/mol. The van der Waals surface area contributed by atoms with Crippen molar-refractivity contribution >= 4 is 37.2 Å². The fourth-order valence-corrected chi connectivity index (χ4v) is 4.83. The molecule has 48 heavy (non-hydrogen) atoms. The van der Waals surface area contributed by atoms with Crippen molar-refractivity contribution < 1.29 is 34.3 Å². The molecule has 1 aromatic carbocycles. The third-order valence-electron chi connectivity index (χ3n) is 7.27. The van der Waals surface area contributed by atoms with Gasteiger partial charge in [-0.1, -0.05) is 83.4 Å². The lowest BCUT2D eigenvalue weighted by Gasteiger charge is -2.24. The Hall–Kier alpha value is -4.05. The van der Waals surface area contributed by atoms with Crippen molar-refractivity contribution in [3.63, 3.8) is 0 Å². The molecule has 0 bridgehead atoms. The van der Waals surface area contributed by atoms with E-state index in [4.69, 9.17) is 5.73 Å². The van der Waals surface area contributed by atoms with Gasteiger partial charge in [-0.15, -0.1) is 0 Å². The van der Waals surface area contributed by atoms with Gasteiger partial charge in [-0.2, -0.15) is 0 Å². The number of nitro groups is 1. The summed E-state index contributed by atoms with van der Waals surface area (Å²) in [6, 6.07) is 6.19. The molecule has 15 nitrogen and oxygen atoms in total. The molecule has 1 rings (SSSR count). The molecule has 0 radical (unpaired) electrons. The molecule has 0 saturated carbocycles. The van der Waals surface area contributed by atoms with E-state index < -0.39 is 30.0 Å². The maximum absolute atomic E-state index is 13.0. The number of nitrogens with zero attached hydrogens (tertiary/aromatic N) is 3. The summed E-state index contributed by atoms with van der Waals surface area (Å²) in [6.07, 6.45) is 7.29. The van der Waals surface area contributed by atoms with Gasteiger partial charge in [-0.3, -0.25) is 24.1 Å². The van der Waals surface area contributed by atoms with Crippen LogP contribution < -0.4 is 21.8 Å². The van der Waals surface area contributed by atoms with E-state index in [1.165, 1.54) is 4.90 Å². The molecule has 1 aromatic rings. The zero-order chi connectivity index (χ0) is 36.5. The second kappa shape index (κ2) is 26.0. The Kier molecular flexibility index (Phi) is 23.8. The molecule has 0 aromatic heterocycles. The molecule has 1 unspecified atom stereocenters. The zero-order valence-corrected chi connectivity index (χ0v) is 29.2. The number of aliphatic imine (C=N–C) groups is 1. The molecule has 0 spiro atoms. The highest BCUT2D eigenvalue weighted by molar-refractivity contribution is 6.43. The summed E-state index contributed by atoms with van der Waals surface area (Å²) in [4.78, 5) is 65.2. The minimum absolute atomic E-state index is 0.0700. The zero-order valence-electron chi connectivity index (χ0n) is 29.2. The first-order chi connectivity index (χ1) is 22.8. The summed E-state index contributed by atoms with van der Waals surface area (Å²) in [5, 5.41) is 34.3. The molecule has 16 heteroatoms. The Morgan fingerprint density at radius 2 is 1.62 bits per heavy atom. The van der Waals surface area contributed by atoms with Gasteiger partial charge in [-0.25, -0.2) is 15.1 Å². The number of carbonyl (C=O) groups excluding carboxylic acids is 4. The van der Waals surface area contributed by atoms with Gasteiger partial charge in [0.1, 0.15) is 6.04 Å². The minimum atomic E-state index is -1.77. The Bertz CT molecular complexity index is 1150. The highest BCUT2D eigenvalue weighted by Gasteiger charge is 2.29. The van der Waals surface area contributed by atoms with Gasteiger partial charge in [0.2, 0.25) is 18.2 Å². The van der Waals surface area contributed by atoms with Crippen LogP contribution in [0.5, 0.6) is 0 Å². The van der Waals surface area contributed by atoms with Crippen molar-refractivity contribution in [3.8, 4) is 0 Å². The maximum Gasteiger partial charge on any atom is 0.475 e. The van der Waals surface area contributed by atoms with Gasteiger partial charge >= 0.3 is 7.12 Å². The Balaban J connectivity index is 0.0000108. The lowest BCUT2D eigenvalue weighted by molar-refractivity contribution is -0.525. The molecule has 4 amide bonds. The standard InChI is InChI=1S/C30H50BN7O8.C2H6/c1-22(2)20-26(31(43)44)35-28(41)25(16-13-18-33-30(32)36-38(45)46)34-27(40)17-9-7-5-4-6-8-12-19-37(21-39)29(42)24-15-11-10-14-23(24)3;1-2/h10-11,14-15,21-22,25-26,43-44H,4-9,12-13,16-20H2,1-3H3,(H,34,40)(H,35,41)(H3,32,33,36);1-2H3/t25-,26?;/m0./s1. The second-order valence-electron chi connectivity index (χ2n) is 11.7. The number of amides is 4. The van der Waals surface area contributed by atoms with Crippen LogP contribution in [0.3, 0.4) is 0 Å². The van der Waals surface area contributed by atoms with Crippen LogP contribution in [-0.4, -0.2) is 82.3 Å². The van der Waals surface area contributed by atoms with E-state index in [0.717, 1.165) is 37.7 Å². The number of unbranched alkanes of at least 4 members (excludes halogenated alkanes) is 6. The van der Waals surface area contributed by atoms with E-state index in [1.807, 2.05) is 46.8 Å². The van der Waals surface area contributed by atoms with Crippen molar-refractivity contribution in [2.24, 2.45) is 16.6 Å². The molecule has 0 heterocycles. The van der Waals surface area contributed by atoms with E-state index in [2.05, 4.69) is 15.6 Å². The SMILES string of the molecule is CC.Cc1ccccc1C(=O)N(C=O)CCCCCCCCCC(=O)N[C@@H](CCCN=C(N)N[N+](=O)[O-])C(=O)NC(CC(C)C)B(O)O. The maximum atomic E-state index is 13.0. The molecule has 0 fully saturated rings. The fourth-order valence-electron chi connectivity index (χ4n) is 4.83. The van der Waals surface area contributed by atoms with Crippen molar-refractivity contribution in [3.05, 3.63) is 45.5 Å². The predicted molar refractivity (Wildman–Crippen MR) is 186 cm³/mol. The molecule has 0 aliphatic carbocycles. The molecular weight excluding hydrogens is 621 g/mol. The van der Waals surface area contributed by atoms with Crippen molar-refractivity contribution in [2.45, 2.75) is 117 Å². The smallest absolute Gasteiger partial charge is 0.426 e. The molecule has 0 saturated heterocycles. The van der Waals surface area contributed by atoms with Gasteiger partial charge < -0.3 is 26.4 Å². The number of nitrogens with one attached hydrogen (secondary N) is 3. The number of hydrogen-bond acceptors (Lipinski definition) is 9. The van der Waals surface area contributed by atoms with Crippen molar-refractivity contribution in [2.75, 3.05) is 13.1 Å². The molecule has 2 atom stereocenters. The molecule has 270 valence electrons. The summed E-state index contributed by atoms with van der Waals surface area (Å²) in [7, 11) is -1.77. The van der Waals surface area contributed by atoms with E-state index in [9.17, 15) is 39.3 Å². The molecule has 7 N–H and O–H groups in total. The Labute approximate surface area is 284 Å². The first-order valence-corrected chi connectivity index (χ1v) is 16.8. The fraction of sp³-hybridized carbons (Fsp3) is 0.656. The van der Waals surface area contributed by atoms with E-state index in [1.54, 1.807) is 17.6 Å².